The second-order valence-electron chi connectivity index (χ2n) is 6.44. The lowest BCUT2D eigenvalue weighted by Gasteiger charge is -2.19. The van der Waals surface area contributed by atoms with Gasteiger partial charge < -0.3 is 5.32 Å². The topological polar surface area (TPSA) is 59.8 Å². The van der Waals surface area contributed by atoms with Crippen molar-refractivity contribution in [3.63, 3.8) is 0 Å². The zero-order valence-electron chi connectivity index (χ0n) is 15.0. The summed E-state index contributed by atoms with van der Waals surface area (Å²) in [4.78, 5) is 16.9. The highest BCUT2D eigenvalue weighted by molar-refractivity contribution is 5.76. The summed E-state index contributed by atoms with van der Waals surface area (Å²) >= 11 is 0. The van der Waals surface area contributed by atoms with Gasteiger partial charge in [0.25, 0.3) is 0 Å². The van der Waals surface area contributed by atoms with E-state index < -0.39 is 0 Å². The molecule has 0 aliphatic rings. The van der Waals surface area contributed by atoms with Crippen LogP contribution in [-0.2, 0) is 17.8 Å². The number of pyridine rings is 1. The van der Waals surface area contributed by atoms with E-state index in [1.165, 1.54) is 11.1 Å². The molecular formula is C21H24N4O. The van der Waals surface area contributed by atoms with Crippen LogP contribution in [0.2, 0.25) is 0 Å². The van der Waals surface area contributed by atoms with Gasteiger partial charge in [-0.2, -0.15) is 5.10 Å². The van der Waals surface area contributed by atoms with Crippen molar-refractivity contribution in [3.05, 3.63) is 83.9 Å². The quantitative estimate of drug-likeness (QED) is 0.678. The Balaban J connectivity index is 1.61. The van der Waals surface area contributed by atoms with E-state index in [2.05, 4.69) is 46.6 Å². The number of hydrogen-bond donors (Lipinski definition) is 1. The van der Waals surface area contributed by atoms with Gasteiger partial charge in [0.15, 0.2) is 0 Å². The molecule has 0 fully saturated rings. The maximum atomic E-state index is 12.4. The highest BCUT2D eigenvalue weighted by Crippen LogP contribution is 2.17. The van der Waals surface area contributed by atoms with Gasteiger partial charge in [-0.25, -0.2) is 0 Å². The fraction of sp³-hybridized carbons (Fsp3) is 0.286. The Bertz CT molecular complexity index is 798. The number of aromatic nitrogens is 3. The third-order valence-corrected chi connectivity index (χ3v) is 4.29. The normalized spacial score (nSPS) is 11.9. The van der Waals surface area contributed by atoms with Gasteiger partial charge in [0, 0.05) is 31.6 Å². The van der Waals surface area contributed by atoms with Crippen molar-refractivity contribution < 1.29 is 4.79 Å². The number of carbonyl (C=O) groups is 1. The molecule has 0 saturated heterocycles. The molecule has 1 aromatic carbocycles. The van der Waals surface area contributed by atoms with Crippen LogP contribution in [0.3, 0.4) is 0 Å². The molecule has 0 aliphatic heterocycles. The molecule has 3 aromatic rings. The van der Waals surface area contributed by atoms with Crippen LogP contribution in [-0.4, -0.2) is 20.7 Å². The zero-order valence-corrected chi connectivity index (χ0v) is 15.0. The van der Waals surface area contributed by atoms with Crippen LogP contribution >= 0.6 is 0 Å². The van der Waals surface area contributed by atoms with Gasteiger partial charge >= 0.3 is 0 Å². The van der Waals surface area contributed by atoms with Crippen molar-refractivity contribution in [2.45, 2.75) is 38.8 Å². The molecule has 2 aromatic heterocycles. The molecule has 1 N–H and O–H groups in total. The Morgan fingerprint density at radius 1 is 1.12 bits per heavy atom. The summed E-state index contributed by atoms with van der Waals surface area (Å²) in [5.74, 6) is 0.0416. The predicted octanol–water partition coefficient (Wildman–Crippen LogP) is 3.47. The highest BCUT2D eigenvalue weighted by atomic mass is 16.1. The summed E-state index contributed by atoms with van der Waals surface area (Å²) in [7, 11) is 0. The molecule has 5 nitrogen and oxygen atoms in total. The molecule has 2 heterocycles. The largest absolute Gasteiger partial charge is 0.347 e. The third kappa shape index (κ3) is 5.28. The Morgan fingerprint density at radius 2 is 1.96 bits per heavy atom. The Kier molecular flexibility index (Phi) is 6.14. The van der Waals surface area contributed by atoms with Gasteiger partial charge in [-0.05, 0) is 43.5 Å². The van der Waals surface area contributed by atoms with Crippen molar-refractivity contribution in [1.82, 2.24) is 20.1 Å². The molecule has 3 rings (SSSR count). The Labute approximate surface area is 154 Å². The van der Waals surface area contributed by atoms with Crippen molar-refractivity contribution in [2.75, 3.05) is 0 Å². The number of nitrogens with zero attached hydrogens (tertiary/aromatic N) is 3. The predicted molar refractivity (Wildman–Crippen MR) is 101 cm³/mol. The van der Waals surface area contributed by atoms with Crippen LogP contribution in [0, 0.1) is 6.92 Å². The molecule has 5 heteroatoms. The summed E-state index contributed by atoms with van der Waals surface area (Å²) in [6, 6.07) is 16.0. The van der Waals surface area contributed by atoms with Crippen molar-refractivity contribution >= 4 is 5.91 Å². The Hall–Kier alpha value is -2.95. The number of hydrogen-bond acceptors (Lipinski definition) is 3. The van der Waals surface area contributed by atoms with E-state index in [4.69, 9.17) is 0 Å². The maximum absolute atomic E-state index is 12.4. The molecule has 1 unspecified atom stereocenters. The first-order valence-corrected chi connectivity index (χ1v) is 8.94. The van der Waals surface area contributed by atoms with E-state index in [0.29, 0.717) is 6.42 Å². The fourth-order valence-electron chi connectivity index (χ4n) is 2.87. The minimum atomic E-state index is -0.129. The van der Waals surface area contributed by atoms with Gasteiger partial charge in [-0.15, -0.1) is 0 Å². The molecule has 0 aliphatic carbocycles. The lowest BCUT2D eigenvalue weighted by Crippen LogP contribution is -2.30. The smallest absolute Gasteiger partial charge is 0.220 e. The number of rotatable bonds is 8. The van der Waals surface area contributed by atoms with Gasteiger partial charge in [-0.1, -0.05) is 35.9 Å². The average Bonchev–Trinajstić information content (AvgIpc) is 3.17. The zero-order chi connectivity index (χ0) is 18.2. The van der Waals surface area contributed by atoms with Crippen LogP contribution in [0.5, 0.6) is 0 Å². The van der Waals surface area contributed by atoms with Crippen LogP contribution in [0.1, 0.15) is 35.7 Å². The lowest BCUT2D eigenvalue weighted by atomic mass is 10.0. The van der Waals surface area contributed by atoms with E-state index in [1.807, 2.05) is 35.1 Å². The maximum Gasteiger partial charge on any atom is 0.220 e. The third-order valence-electron chi connectivity index (χ3n) is 4.29. The molecule has 134 valence electrons. The van der Waals surface area contributed by atoms with Crippen LogP contribution in [0.25, 0.3) is 0 Å². The van der Waals surface area contributed by atoms with Crippen LogP contribution < -0.4 is 5.32 Å². The summed E-state index contributed by atoms with van der Waals surface area (Å²) < 4.78 is 1.84. The molecule has 1 amide bonds. The van der Waals surface area contributed by atoms with Gasteiger partial charge in [-0.3, -0.25) is 14.5 Å². The molecule has 0 saturated carbocycles. The number of aryl methyl sites for hydroxylation is 2. The number of amides is 1. The fourth-order valence-corrected chi connectivity index (χ4v) is 2.87. The van der Waals surface area contributed by atoms with E-state index in [1.54, 1.807) is 12.4 Å². The molecule has 0 bridgehead atoms. The van der Waals surface area contributed by atoms with E-state index >= 15 is 0 Å². The highest BCUT2D eigenvalue weighted by Gasteiger charge is 2.16. The lowest BCUT2D eigenvalue weighted by molar-refractivity contribution is -0.122. The molecule has 26 heavy (non-hydrogen) atoms. The van der Waals surface area contributed by atoms with Gasteiger partial charge in [0.05, 0.1) is 11.7 Å². The standard InChI is InChI=1S/C21H24N4O/c1-17-8-10-18(11-9-17)16-20(19-6-2-3-12-22-19)24-21(26)7-4-14-25-15-5-13-23-25/h2-3,5-6,8-13,15,20H,4,7,14,16H2,1H3,(H,24,26). The summed E-state index contributed by atoms with van der Waals surface area (Å²) in [5, 5.41) is 7.30. The first kappa shape index (κ1) is 17.9. The van der Waals surface area contributed by atoms with E-state index in [9.17, 15) is 4.79 Å². The summed E-state index contributed by atoms with van der Waals surface area (Å²) in [6.45, 7) is 2.81. The second kappa shape index (κ2) is 8.94. The number of benzene rings is 1. The summed E-state index contributed by atoms with van der Waals surface area (Å²) in [5.41, 5.74) is 3.29. The monoisotopic (exact) mass is 348 g/mol. The van der Waals surface area contributed by atoms with Crippen LogP contribution in [0.4, 0.5) is 0 Å². The second-order valence-corrected chi connectivity index (χ2v) is 6.44. The number of nitrogens with one attached hydrogen (secondary N) is 1. The summed E-state index contributed by atoms with van der Waals surface area (Å²) in [6.07, 6.45) is 7.37. The first-order valence-electron chi connectivity index (χ1n) is 8.94. The minimum Gasteiger partial charge on any atom is -0.347 e. The van der Waals surface area contributed by atoms with Gasteiger partial charge in [0.1, 0.15) is 0 Å². The Morgan fingerprint density at radius 3 is 2.65 bits per heavy atom. The van der Waals surface area contributed by atoms with Crippen molar-refractivity contribution in [3.8, 4) is 0 Å². The average molecular weight is 348 g/mol. The van der Waals surface area contributed by atoms with Gasteiger partial charge in [0.2, 0.25) is 5.91 Å². The van der Waals surface area contributed by atoms with Crippen molar-refractivity contribution in [2.24, 2.45) is 0 Å². The van der Waals surface area contributed by atoms with E-state index in [0.717, 1.165) is 25.1 Å². The molecule has 0 spiro atoms. The minimum absolute atomic E-state index is 0.0416. The number of carbonyl (C=O) groups excluding carboxylic acids is 1. The SMILES string of the molecule is Cc1ccc(CC(NC(=O)CCCn2cccn2)c2ccccn2)cc1. The molecule has 0 radical (unpaired) electrons. The van der Waals surface area contributed by atoms with E-state index in [-0.39, 0.29) is 11.9 Å². The van der Waals surface area contributed by atoms with Crippen LogP contribution in [0.15, 0.2) is 67.1 Å². The molecular weight excluding hydrogens is 324 g/mol. The first-order chi connectivity index (χ1) is 12.7. The van der Waals surface area contributed by atoms with Crippen molar-refractivity contribution in [1.29, 1.82) is 0 Å². The molecule has 1 atom stereocenters.